The topological polar surface area (TPSA) is 66.7 Å². The van der Waals surface area contributed by atoms with Gasteiger partial charge in [0.1, 0.15) is 23.5 Å². The van der Waals surface area contributed by atoms with E-state index in [0.717, 1.165) is 38.5 Å². The van der Waals surface area contributed by atoms with Crippen LogP contribution in [0.1, 0.15) is 13.8 Å². The van der Waals surface area contributed by atoms with Crippen molar-refractivity contribution in [1.82, 2.24) is 24.8 Å². The van der Waals surface area contributed by atoms with Crippen LogP contribution in [-0.2, 0) is 0 Å². The number of rotatable bonds is 1. The van der Waals surface area contributed by atoms with E-state index >= 15 is 0 Å². The molecule has 3 aromatic rings. The van der Waals surface area contributed by atoms with Crippen molar-refractivity contribution in [2.75, 3.05) is 38.0 Å². The Kier molecular flexibility index (Phi) is 5.04. The molecule has 1 aromatic carbocycles. The van der Waals surface area contributed by atoms with Crippen LogP contribution in [0.4, 0.5) is 10.2 Å². The Morgan fingerprint density at radius 1 is 1.20 bits per heavy atom. The zero-order valence-corrected chi connectivity index (χ0v) is 17.3. The normalized spacial score (nSPS) is 24.2. The third-order valence-corrected chi connectivity index (χ3v) is 5.96. The molecule has 2 N–H and O–H groups in total. The summed E-state index contributed by atoms with van der Waals surface area (Å²) in [5.41, 5.74) is 1.72. The van der Waals surface area contributed by atoms with Gasteiger partial charge in [0.2, 0.25) is 0 Å². The number of nitrogens with zero attached hydrogens (tertiary/aromatic N) is 4. The van der Waals surface area contributed by atoms with Crippen LogP contribution >= 0.6 is 0 Å². The van der Waals surface area contributed by atoms with Gasteiger partial charge in [-0.05, 0) is 30.2 Å². The lowest BCUT2D eigenvalue weighted by Gasteiger charge is -2.27. The van der Waals surface area contributed by atoms with Crippen LogP contribution in [0.2, 0.25) is 0 Å². The van der Waals surface area contributed by atoms with E-state index in [-0.39, 0.29) is 11.9 Å². The lowest BCUT2D eigenvalue weighted by Crippen LogP contribution is -2.42. The van der Waals surface area contributed by atoms with E-state index in [1.165, 1.54) is 6.07 Å². The van der Waals surface area contributed by atoms with E-state index in [1.54, 1.807) is 22.8 Å². The molecule has 6 bridgehead atoms. The van der Waals surface area contributed by atoms with Gasteiger partial charge in [0.05, 0.1) is 6.20 Å². The molecule has 8 heteroatoms. The Hall–Kier alpha value is -2.71. The number of ether oxygens (including phenoxy) is 1. The number of halogens is 1. The molecule has 5 rings (SSSR count). The van der Waals surface area contributed by atoms with Crippen molar-refractivity contribution in [2.45, 2.75) is 26.0 Å². The van der Waals surface area contributed by atoms with Gasteiger partial charge in [-0.1, -0.05) is 13.8 Å². The third kappa shape index (κ3) is 3.73. The smallest absolute Gasteiger partial charge is 0.165 e. The van der Waals surface area contributed by atoms with Gasteiger partial charge in [0, 0.05) is 56.1 Å². The van der Waals surface area contributed by atoms with E-state index in [1.807, 2.05) is 12.3 Å². The molecule has 2 aliphatic heterocycles. The third-order valence-electron chi connectivity index (χ3n) is 5.96. The van der Waals surface area contributed by atoms with Crippen molar-refractivity contribution in [2.24, 2.45) is 5.92 Å². The van der Waals surface area contributed by atoms with E-state index in [2.05, 4.69) is 34.5 Å². The maximum Gasteiger partial charge on any atom is 0.165 e. The van der Waals surface area contributed by atoms with Gasteiger partial charge in [0.25, 0.3) is 0 Å². The number of nitrogens with one attached hydrogen (secondary N) is 2. The van der Waals surface area contributed by atoms with Gasteiger partial charge >= 0.3 is 0 Å². The van der Waals surface area contributed by atoms with E-state index in [4.69, 9.17) is 9.72 Å². The maximum absolute atomic E-state index is 14.7. The summed E-state index contributed by atoms with van der Waals surface area (Å²) in [4.78, 5) is 7.12. The highest BCUT2D eigenvalue weighted by atomic mass is 19.1. The predicted octanol–water partition coefficient (Wildman–Crippen LogP) is 2.64. The van der Waals surface area contributed by atoms with Crippen LogP contribution in [0.5, 0.6) is 5.75 Å². The van der Waals surface area contributed by atoms with E-state index in [0.29, 0.717) is 34.5 Å². The summed E-state index contributed by atoms with van der Waals surface area (Å²) in [7, 11) is 0. The molecule has 2 aliphatic rings. The minimum atomic E-state index is -0.315. The second-order valence-corrected chi connectivity index (χ2v) is 8.47. The molecule has 2 unspecified atom stereocenters. The van der Waals surface area contributed by atoms with Gasteiger partial charge < -0.3 is 15.4 Å². The van der Waals surface area contributed by atoms with Crippen LogP contribution in [0.3, 0.4) is 0 Å². The first kappa shape index (κ1) is 19.3. The summed E-state index contributed by atoms with van der Waals surface area (Å²) < 4.78 is 22.7. The Labute approximate surface area is 175 Å². The number of fused-ring (bicyclic) bond motifs is 6. The SMILES string of the molecule is CC(C)C1CN2CCNc3ccn4ncc(c4n3)-c3cc(ccc3F)O[C@H](CN1)C2. The summed E-state index contributed by atoms with van der Waals surface area (Å²) in [5, 5.41) is 11.4. The highest BCUT2D eigenvalue weighted by Crippen LogP contribution is 2.30. The molecule has 0 aliphatic carbocycles. The highest BCUT2D eigenvalue weighted by molar-refractivity contribution is 5.78. The summed E-state index contributed by atoms with van der Waals surface area (Å²) in [6, 6.07) is 7.22. The Balaban J connectivity index is 1.56. The molecule has 0 amide bonds. The van der Waals surface area contributed by atoms with Crippen LogP contribution in [0.25, 0.3) is 16.8 Å². The van der Waals surface area contributed by atoms with Gasteiger partial charge in [-0.15, -0.1) is 0 Å². The average Bonchev–Trinajstić information content (AvgIpc) is 3.03. The maximum atomic E-state index is 14.7. The Morgan fingerprint density at radius 2 is 2.10 bits per heavy atom. The summed E-state index contributed by atoms with van der Waals surface area (Å²) in [6.07, 6.45) is 3.49. The van der Waals surface area contributed by atoms with Crippen LogP contribution in [-0.4, -0.2) is 64.4 Å². The average molecular weight is 410 g/mol. The lowest BCUT2D eigenvalue weighted by atomic mass is 10.0. The van der Waals surface area contributed by atoms with E-state index in [9.17, 15) is 4.39 Å². The lowest BCUT2D eigenvalue weighted by molar-refractivity contribution is 0.152. The standard InChI is InChI=1S/C22H27FN6O/c1-14(2)20-13-28-8-6-24-21-5-7-29-22(27-21)18(11-26-29)17-9-15(3-4-19(17)23)30-16(12-28)10-25-20/h3-5,7,9,11,14,16,20,25H,6,8,10,12-13H2,1-2H3,(H,24,27)/t16-,20?/m1/s1. The quantitative estimate of drug-likeness (QED) is 0.643. The van der Waals surface area contributed by atoms with Gasteiger partial charge in [-0.25, -0.2) is 13.9 Å². The van der Waals surface area contributed by atoms with E-state index < -0.39 is 0 Å². The van der Waals surface area contributed by atoms with Crippen LogP contribution < -0.4 is 15.4 Å². The molecular formula is C22H27FN6O. The number of aromatic nitrogens is 3. The molecule has 0 saturated carbocycles. The first-order valence-electron chi connectivity index (χ1n) is 10.6. The Morgan fingerprint density at radius 3 is 2.97 bits per heavy atom. The monoisotopic (exact) mass is 410 g/mol. The van der Waals surface area contributed by atoms with Crippen molar-refractivity contribution >= 4 is 11.5 Å². The number of hydrogen-bond acceptors (Lipinski definition) is 6. The largest absolute Gasteiger partial charge is 0.488 e. The highest BCUT2D eigenvalue weighted by Gasteiger charge is 2.27. The molecule has 4 heterocycles. The summed E-state index contributed by atoms with van der Waals surface area (Å²) in [6.45, 7) is 8.68. The molecule has 7 nitrogen and oxygen atoms in total. The fourth-order valence-corrected chi connectivity index (χ4v) is 4.24. The second-order valence-electron chi connectivity index (χ2n) is 8.47. The molecular weight excluding hydrogens is 383 g/mol. The number of anilines is 1. The molecule has 0 radical (unpaired) electrons. The van der Waals surface area contributed by atoms with Crippen LogP contribution in [0.15, 0.2) is 36.7 Å². The molecule has 1 fully saturated rings. The van der Waals surface area contributed by atoms with Crippen molar-refractivity contribution < 1.29 is 9.13 Å². The van der Waals surface area contributed by atoms with Gasteiger partial charge in [-0.3, -0.25) is 4.90 Å². The minimum Gasteiger partial charge on any atom is -0.488 e. The molecule has 1 saturated heterocycles. The molecule has 3 atom stereocenters. The fraction of sp³-hybridized carbons (Fsp3) is 0.455. The number of hydrogen-bond donors (Lipinski definition) is 2. The molecule has 158 valence electrons. The number of benzene rings is 1. The molecule has 0 spiro atoms. The second kappa shape index (κ2) is 7.85. The summed E-state index contributed by atoms with van der Waals surface area (Å²) in [5.74, 6) is 1.64. The zero-order valence-electron chi connectivity index (χ0n) is 17.3. The minimum absolute atomic E-state index is 0.0156. The zero-order chi connectivity index (χ0) is 20.7. The van der Waals surface area contributed by atoms with Gasteiger partial charge in [-0.2, -0.15) is 5.10 Å². The summed E-state index contributed by atoms with van der Waals surface area (Å²) >= 11 is 0. The predicted molar refractivity (Wildman–Crippen MR) is 114 cm³/mol. The fourth-order valence-electron chi connectivity index (χ4n) is 4.24. The van der Waals surface area contributed by atoms with Crippen molar-refractivity contribution in [3.63, 3.8) is 0 Å². The van der Waals surface area contributed by atoms with Crippen molar-refractivity contribution in [1.29, 1.82) is 0 Å². The molecule has 30 heavy (non-hydrogen) atoms. The van der Waals surface area contributed by atoms with Crippen LogP contribution in [0, 0.1) is 11.7 Å². The van der Waals surface area contributed by atoms with Gasteiger partial charge in [0.15, 0.2) is 5.65 Å². The Bertz CT molecular complexity index is 1050. The first-order valence-corrected chi connectivity index (χ1v) is 10.6. The first-order chi connectivity index (χ1) is 14.6. The van der Waals surface area contributed by atoms with Crippen molar-refractivity contribution in [3.05, 3.63) is 42.5 Å². The van der Waals surface area contributed by atoms with Crippen molar-refractivity contribution in [3.8, 4) is 16.9 Å². The molecule has 2 aromatic heterocycles.